The molecule has 6 heteroatoms. The second kappa shape index (κ2) is 19.9. The molecule has 2 aliphatic carbocycles. The van der Waals surface area contributed by atoms with Crippen LogP contribution < -0.4 is 0 Å². The molecule has 0 bridgehead atoms. The van der Waals surface area contributed by atoms with E-state index in [0.717, 1.165) is 66.4 Å². The van der Waals surface area contributed by atoms with Gasteiger partial charge in [-0.15, -0.1) is 0 Å². The minimum absolute atomic E-state index is 0.114. The average Bonchev–Trinajstić information content (AvgIpc) is 1.59. The van der Waals surface area contributed by atoms with Gasteiger partial charge >= 0.3 is 0 Å². The molecule has 0 N–H and O–H groups in total. The Kier molecular flexibility index (Phi) is 11.4. The van der Waals surface area contributed by atoms with Crippen molar-refractivity contribution in [3.8, 4) is 95.7 Å². The molecule has 0 saturated heterocycles. The fraction of sp³-hybridized carbons (Fsp3) is 0.0690. The molecular formula is C87H60N6. The second-order valence-corrected chi connectivity index (χ2v) is 26.4. The molecule has 6 nitrogen and oxygen atoms in total. The first-order chi connectivity index (χ1) is 45.6. The van der Waals surface area contributed by atoms with Crippen LogP contribution in [0, 0.1) is 0 Å². The lowest BCUT2D eigenvalue weighted by Crippen LogP contribution is -2.15. The Morgan fingerprint density at radius 1 is 0.215 bits per heavy atom. The number of para-hydroxylation sites is 2. The highest BCUT2D eigenvalue weighted by Gasteiger charge is 2.37. The molecule has 17 aromatic rings. The maximum Gasteiger partial charge on any atom is 0.164 e. The van der Waals surface area contributed by atoms with Gasteiger partial charge in [-0.05, 0) is 164 Å². The van der Waals surface area contributed by atoms with Crippen LogP contribution in [-0.4, -0.2) is 28.7 Å². The topological polar surface area (TPSA) is 53.5 Å². The van der Waals surface area contributed by atoms with Crippen molar-refractivity contribution in [3.05, 3.63) is 313 Å². The lowest BCUT2D eigenvalue weighted by molar-refractivity contribution is 0.660. The molecule has 19 rings (SSSR count). The van der Waals surface area contributed by atoms with E-state index in [1.165, 1.54) is 99.5 Å². The summed E-state index contributed by atoms with van der Waals surface area (Å²) in [5.74, 6) is 1.87. The molecule has 0 unspecified atom stereocenters. The van der Waals surface area contributed by atoms with Gasteiger partial charge in [0.05, 0.1) is 33.1 Å². The lowest BCUT2D eigenvalue weighted by Gasteiger charge is -2.22. The molecule has 0 radical (unpaired) electrons. The molecule has 0 fully saturated rings. The maximum absolute atomic E-state index is 5.17. The summed E-state index contributed by atoms with van der Waals surface area (Å²) in [6.45, 7) is 9.45. The van der Waals surface area contributed by atoms with Crippen LogP contribution in [0.3, 0.4) is 0 Å². The van der Waals surface area contributed by atoms with Gasteiger partial charge in [-0.25, -0.2) is 15.0 Å². The third-order valence-electron chi connectivity index (χ3n) is 20.5. The third kappa shape index (κ3) is 7.98. The van der Waals surface area contributed by atoms with Gasteiger partial charge in [-0.3, -0.25) is 0 Å². The highest BCUT2D eigenvalue weighted by molar-refractivity contribution is 6.15. The molecule has 0 amide bonds. The van der Waals surface area contributed by atoms with Crippen LogP contribution in [0.4, 0.5) is 0 Å². The van der Waals surface area contributed by atoms with Gasteiger partial charge in [0.25, 0.3) is 0 Å². The van der Waals surface area contributed by atoms with E-state index in [4.69, 9.17) is 15.0 Å². The van der Waals surface area contributed by atoms with Crippen molar-refractivity contribution in [2.75, 3.05) is 0 Å². The van der Waals surface area contributed by atoms with Gasteiger partial charge in [0.1, 0.15) is 0 Å². The van der Waals surface area contributed by atoms with Crippen molar-refractivity contribution in [1.29, 1.82) is 0 Å². The maximum atomic E-state index is 5.17. The Labute approximate surface area is 538 Å². The van der Waals surface area contributed by atoms with Crippen LogP contribution >= 0.6 is 0 Å². The summed E-state index contributed by atoms with van der Waals surface area (Å²) in [7, 11) is 0. The van der Waals surface area contributed by atoms with Crippen LogP contribution in [0.25, 0.3) is 161 Å². The Balaban J connectivity index is 0.773. The van der Waals surface area contributed by atoms with Gasteiger partial charge in [-0.1, -0.05) is 222 Å². The van der Waals surface area contributed by atoms with E-state index in [-0.39, 0.29) is 10.8 Å². The average molecular weight is 1190 g/mol. The summed E-state index contributed by atoms with van der Waals surface area (Å²) >= 11 is 0. The van der Waals surface area contributed by atoms with E-state index in [1.54, 1.807) is 0 Å². The number of rotatable bonds is 8. The second-order valence-electron chi connectivity index (χ2n) is 26.4. The SMILES string of the molecule is CC1(C)c2ccccc2-c2ccc(-n3c4ccccc4c4cc(-c5ccc6c(c5)c5cc(-c7ccc8c(c7)c7ccccc7n8-c7ccc8c(c7)C(C)(C)c7ccccc7-8)ccc5n6-c5cccc(-c6nc(-c7ccccc7)nc(-c7ccccc7)n6)c5)ccc43)cc21. The first-order valence-corrected chi connectivity index (χ1v) is 32.2. The Morgan fingerprint density at radius 2 is 0.538 bits per heavy atom. The summed E-state index contributed by atoms with van der Waals surface area (Å²) in [5, 5.41) is 7.23. The molecule has 0 spiro atoms. The van der Waals surface area contributed by atoms with Gasteiger partial charge in [0.2, 0.25) is 0 Å². The van der Waals surface area contributed by atoms with Gasteiger partial charge in [0, 0.05) is 76.9 Å². The predicted octanol–water partition coefficient (Wildman–Crippen LogP) is 22.1. The fourth-order valence-electron chi connectivity index (χ4n) is 15.9. The van der Waals surface area contributed by atoms with Crippen molar-refractivity contribution in [1.82, 2.24) is 28.7 Å². The van der Waals surface area contributed by atoms with Crippen LogP contribution in [0.2, 0.25) is 0 Å². The summed E-state index contributed by atoms with van der Waals surface area (Å²) in [6.07, 6.45) is 0. The summed E-state index contributed by atoms with van der Waals surface area (Å²) in [4.78, 5) is 15.4. The lowest BCUT2D eigenvalue weighted by atomic mass is 9.82. The zero-order valence-corrected chi connectivity index (χ0v) is 51.9. The van der Waals surface area contributed by atoms with Crippen LogP contribution in [0.5, 0.6) is 0 Å². The Bertz CT molecular complexity index is 5660. The van der Waals surface area contributed by atoms with Gasteiger partial charge < -0.3 is 13.7 Å². The number of benzene rings is 13. The van der Waals surface area contributed by atoms with Gasteiger partial charge in [0.15, 0.2) is 17.5 Å². The van der Waals surface area contributed by atoms with Crippen molar-refractivity contribution in [2.45, 2.75) is 38.5 Å². The molecule has 438 valence electrons. The van der Waals surface area contributed by atoms with E-state index in [1.807, 2.05) is 36.4 Å². The van der Waals surface area contributed by atoms with E-state index in [0.29, 0.717) is 17.5 Å². The van der Waals surface area contributed by atoms with Crippen molar-refractivity contribution >= 4 is 65.4 Å². The largest absolute Gasteiger partial charge is 0.309 e. The molecule has 0 atom stereocenters. The van der Waals surface area contributed by atoms with Crippen molar-refractivity contribution in [2.24, 2.45) is 0 Å². The normalized spacial score (nSPS) is 13.5. The minimum Gasteiger partial charge on any atom is -0.309 e. The predicted molar refractivity (Wildman–Crippen MR) is 385 cm³/mol. The first-order valence-electron chi connectivity index (χ1n) is 32.2. The number of hydrogen-bond acceptors (Lipinski definition) is 3. The molecule has 4 heterocycles. The van der Waals surface area contributed by atoms with Crippen molar-refractivity contribution < 1.29 is 0 Å². The zero-order valence-electron chi connectivity index (χ0n) is 51.9. The molecule has 4 aromatic heterocycles. The molecule has 0 saturated carbocycles. The quantitative estimate of drug-likeness (QED) is 0.152. The van der Waals surface area contributed by atoms with Crippen LogP contribution in [-0.2, 0) is 10.8 Å². The van der Waals surface area contributed by atoms with E-state index in [2.05, 4.69) is 296 Å². The van der Waals surface area contributed by atoms with Crippen LogP contribution in [0.15, 0.2) is 291 Å². The minimum atomic E-state index is -0.114. The third-order valence-corrected chi connectivity index (χ3v) is 20.5. The summed E-state index contributed by atoms with van der Waals surface area (Å²) in [5.41, 5.74) is 28.3. The highest BCUT2D eigenvalue weighted by Crippen LogP contribution is 2.52. The number of hydrogen-bond donors (Lipinski definition) is 0. The summed E-state index contributed by atoms with van der Waals surface area (Å²) in [6, 6.07) is 107. The Morgan fingerprint density at radius 3 is 0.968 bits per heavy atom. The van der Waals surface area contributed by atoms with Crippen LogP contribution in [0.1, 0.15) is 49.9 Å². The zero-order chi connectivity index (χ0) is 61.8. The van der Waals surface area contributed by atoms with E-state index in [9.17, 15) is 0 Å². The smallest absolute Gasteiger partial charge is 0.164 e. The molecular weight excluding hydrogens is 1130 g/mol. The molecule has 13 aromatic carbocycles. The van der Waals surface area contributed by atoms with E-state index >= 15 is 0 Å². The molecule has 93 heavy (non-hydrogen) atoms. The highest BCUT2D eigenvalue weighted by atomic mass is 15.0. The Hall–Kier alpha value is -11.7. The monoisotopic (exact) mass is 1190 g/mol. The molecule has 2 aliphatic rings. The van der Waals surface area contributed by atoms with Gasteiger partial charge in [-0.2, -0.15) is 0 Å². The van der Waals surface area contributed by atoms with E-state index < -0.39 is 0 Å². The number of fused-ring (bicyclic) bond motifs is 15. The van der Waals surface area contributed by atoms with Crippen molar-refractivity contribution in [3.63, 3.8) is 0 Å². The standard InChI is InChI=1S/C87H60N6/c1-86(2)73-30-15-11-26-63(73)65-40-38-61(51-75(65)86)92-77-32-17-13-28-67(77)69-47-55(34-42-79(69)92)57-36-44-81-71(49-57)72-50-58(37-45-82(72)91(81)60-25-19-24-59(46-60)85-89-83(53-20-7-5-8-21-53)88-84(90-85)54-22-9-6-10-23-54)56-35-43-80-70(48-56)68-29-14-18-33-78(68)93(80)62-39-41-66-64-27-12-16-31-74(64)87(3,4)76(66)52-62/h5-52H,1-4H3. The molecule has 0 aliphatic heterocycles. The summed E-state index contributed by atoms with van der Waals surface area (Å²) < 4.78 is 7.34. The number of aromatic nitrogens is 6. The number of nitrogens with zero attached hydrogens (tertiary/aromatic N) is 6. The fourth-order valence-corrected chi connectivity index (χ4v) is 15.9. The first kappa shape index (κ1) is 53.1.